The number of ketones is 1. The first-order chi connectivity index (χ1) is 34.0. The van der Waals surface area contributed by atoms with E-state index in [9.17, 15) is 24.0 Å². The van der Waals surface area contributed by atoms with E-state index in [0.29, 0.717) is 54.4 Å². The molecule has 0 aliphatic carbocycles. The van der Waals surface area contributed by atoms with Gasteiger partial charge in [-0.3, -0.25) is 28.9 Å². The summed E-state index contributed by atoms with van der Waals surface area (Å²) in [5.41, 5.74) is 5.75. The van der Waals surface area contributed by atoms with E-state index in [-0.39, 0.29) is 33.4 Å². The number of benzene rings is 8. The highest BCUT2D eigenvalue weighted by atomic mass is 16.5. The highest BCUT2D eigenvalue weighted by Gasteiger charge is 2.39. The van der Waals surface area contributed by atoms with E-state index < -0.39 is 29.4 Å². The number of imide groups is 2. The Hall–Kier alpha value is -9.07. The Bertz CT molecular complexity index is 3520. The Labute approximate surface area is 401 Å². The third kappa shape index (κ3) is 7.27. The zero-order chi connectivity index (χ0) is 47.8. The van der Waals surface area contributed by atoms with Crippen LogP contribution in [0.1, 0.15) is 74.0 Å². The average molecular weight is 925 g/mol. The summed E-state index contributed by atoms with van der Waals surface area (Å²) in [6.45, 7) is 4.43. The number of ether oxygens (including phenoxy) is 4. The molecule has 342 valence electrons. The summed E-state index contributed by atoms with van der Waals surface area (Å²) in [4.78, 5) is 74.9. The fourth-order valence-corrected chi connectivity index (χ4v) is 9.43. The molecule has 0 bridgehead atoms. The number of fused-ring (bicyclic) bond motifs is 7. The first kappa shape index (κ1) is 42.3. The smallest absolute Gasteiger partial charge is 0.266 e. The van der Waals surface area contributed by atoms with Crippen molar-refractivity contribution in [3.8, 4) is 34.5 Å². The second-order valence-electron chi connectivity index (χ2n) is 17.7. The van der Waals surface area contributed by atoms with Crippen LogP contribution in [0.25, 0.3) is 10.8 Å². The van der Waals surface area contributed by atoms with Crippen molar-refractivity contribution in [3.63, 3.8) is 0 Å². The maximum absolute atomic E-state index is 13.9. The summed E-state index contributed by atoms with van der Waals surface area (Å²) >= 11 is 0. The molecule has 8 aromatic carbocycles. The van der Waals surface area contributed by atoms with E-state index in [1.807, 2.05) is 62.5 Å². The molecule has 4 aliphatic heterocycles. The lowest BCUT2D eigenvalue weighted by Crippen LogP contribution is -2.32. The Morgan fingerprint density at radius 3 is 1.36 bits per heavy atom. The number of hydrogen-bond donors (Lipinski definition) is 0. The topological polar surface area (TPSA) is 135 Å². The standard InChI is InChI=1S/C57H40N4O9/c1-33-3-15-41(16-4-33)69-43-19-11-39(12-20-43)60-54(63)47-25-5-34(27-49(47)56(60)65)51(62)35-6-26-48-50(28-35)57(66)61(55(48)64)40-13-21-44(22-14-40)70-42-17-9-38(10-18-42)59-30-37-8-24-45-46(53(37)68-32-59)23-7-36-29-58(2)31-67-52(36)45/h3-28H,29-32H2,1-2H3. The highest BCUT2D eigenvalue weighted by Crippen LogP contribution is 2.42. The van der Waals surface area contributed by atoms with Crippen molar-refractivity contribution >= 4 is 57.2 Å². The molecule has 0 atom stereocenters. The average Bonchev–Trinajstić information content (AvgIpc) is 3.79. The molecule has 8 aromatic rings. The zero-order valence-electron chi connectivity index (χ0n) is 37.8. The van der Waals surface area contributed by atoms with Gasteiger partial charge >= 0.3 is 0 Å². The summed E-state index contributed by atoms with van der Waals surface area (Å²) in [7, 11) is 2.04. The molecule has 0 saturated heterocycles. The minimum atomic E-state index is -0.585. The van der Waals surface area contributed by atoms with Crippen molar-refractivity contribution in [1.29, 1.82) is 0 Å². The van der Waals surface area contributed by atoms with Crippen LogP contribution in [0.4, 0.5) is 17.1 Å². The molecule has 0 fully saturated rings. The van der Waals surface area contributed by atoms with E-state index in [0.717, 1.165) is 55.4 Å². The van der Waals surface area contributed by atoms with Crippen molar-refractivity contribution in [2.45, 2.75) is 20.0 Å². The summed E-state index contributed by atoms with van der Waals surface area (Å²) in [5.74, 6) is 1.39. The number of amides is 4. The molecule has 13 heteroatoms. The number of anilines is 3. The van der Waals surface area contributed by atoms with Gasteiger partial charge in [0.15, 0.2) is 12.5 Å². The largest absolute Gasteiger partial charge is 0.477 e. The first-order valence-corrected chi connectivity index (χ1v) is 22.6. The van der Waals surface area contributed by atoms with E-state index in [4.69, 9.17) is 18.9 Å². The maximum Gasteiger partial charge on any atom is 0.266 e. The SMILES string of the molecule is Cc1ccc(Oc2ccc(N3C(=O)c4ccc(C(=O)c5ccc6c(c5)C(=O)N(c5ccc(Oc7ccc(N8COc9c(ccc%10c%11c(ccc9%10)CN(C)CO%11)C8)cc7)cc5)C6=O)cc4C3=O)cc2)cc1. The molecule has 0 radical (unpaired) electrons. The Morgan fingerprint density at radius 1 is 0.457 bits per heavy atom. The monoisotopic (exact) mass is 924 g/mol. The van der Waals surface area contributed by atoms with Crippen LogP contribution in [-0.2, 0) is 13.1 Å². The van der Waals surface area contributed by atoms with Gasteiger partial charge in [-0.2, -0.15) is 0 Å². The molecule has 0 aromatic heterocycles. The lowest BCUT2D eigenvalue weighted by molar-refractivity contribution is 0.0910. The second kappa shape index (κ2) is 16.6. The molecule has 0 N–H and O–H groups in total. The van der Waals surface area contributed by atoms with Crippen molar-refractivity contribution in [3.05, 3.63) is 208 Å². The molecule has 0 saturated carbocycles. The third-order valence-corrected chi connectivity index (χ3v) is 13.0. The van der Waals surface area contributed by atoms with Crippen molar-refractivity contribution in [1.82, 2.24) is 4.90 Å². The number of hydrogen-bond acceptors (Lipinski definition) is 11. The quantitative estimate of drug-likeness (QED) is 0.101. The molecule has 13 nitrogen and oxygen atoms in total. The predicted octanol–water partition coefficient (Wildman–Crippen LogP) is 10.7. The van der Waals surface area contributed by atoms with Gasteiger partial charge in [0.2, 0.25) is 0 Å². The van der Waals surface area contributed by atoms with Crippen LogP contribution in [0.2, 0.25) is 0 Å². The van der Waals surface area contributed by atoms with E-state index in [1.165, 1.54) is 42.0 Å². The van der Waals surface area contributed by atoms with Crippen LogP contribution in [0, 0.1) is 6.92 Å². The molecule has 0 spiro atoms. The van der Waals surface area contributed by atoms with Gasteiger partial charge in [0.25, 0.3) is 23.6 Å². The fourth-order valence-electron chi connectivity index (χ4n) is 9.43. The molecular weight excluding hydrogens is 885 g/mol. The van der Waals surface area contributed by atoms with Gasteiger partial charge in [-0.25, -0.2) is 9.80 Å². The summed E-state index contributed by atoms with van der Waals surface area (Å²) in [6, 6.07) is 45.6. The molecule has 4 aliphatic rings. The maximum atomic E-state index is 13.9. The summed E-state index contributed by atoms with van der Waals surface area (Å²) < 4.78 is 24.5. The van der Waals surface area contributed by atoms with Crippen molar-refractivity contribution in [2.75, 3.05) is 35.2 Å². The molecule has 4 heterocycles. The Kier molecular flexibility index (Phi) is 10.0. The number of aryl methyl sites for hydroxylation is 1. The molecule has 0 unspecified atom stereocenters. The van der Waals surface area contributed by atoms with Crippen LogP contribution >= 0.6 is 0 Å². The van der Waals surface area contributed by atoms with Crippen LogP contribution < -0.4 is 33.6 Å². The Morgan fingerprint density at radius 2 is 0.871 bits per heavy atom. The van der Waals surface area contributed by atoms with Gasteiger partial charge in [-0.05, 0) is 123 Å². The highest BCUT2D eigenvalue weighted by molar-refractivity contribution is 6.36. The van der Waals surface area contributed by atoms with E-state index in [1.54, 1.807) is 48.5 Å². The van der Waals surface area contributed by atoms with Gasteiger partial charge in [0, 0.05) is 51.8 Å². The number of rotatable bonds is 9. The van der Waals surface area contributed by atoms with Crippen molar-refractivity contribution in [2.24, 2.45) is 0 Å². The van der Waals surface area contributed by atoms with Gasteiger partial charge in [-0.1, -0.05) is 54.1 Å². The summed E-state index contributed by atoms with van der Waals surface area (Å²) in [6.07, 6.45) is 0. The third-order valence-electron chi connectivity index (χ3n) is 13.0. The van der Waals surface area contributed by atoms with Crippen LogP contribution in [-0.4, -0.2) is 54.8 Å². The molecule has 12 rings (SSSR count). The predicted molar refractivity (Wildman–Crippen MR) is 262 cm³/mol. The number of carbonyl (C=O) groups excluding carboxylic acids is 5. The van der Waals surface area contributed by atoms with Crippen molar-refractivity contribution < 1.29 is 42.9 Å². The molecule has 4 amide bonds. The van der Waals surface area contributed by atoms with Crippen LogP contribution in [0.15, 0.2) is 158 Å². The number of nitrogens with zero attached hydrogens (tertiary/aromatic N) is 4. The van der Waals surface area contributed by atoms with Gasteiger partial charge in [-0.15, -0.1) is 0 Å². The van der Waals surface area contributed by atoms with Crippen LogP contribution in [0.3, 0.4) is 0 Å². The lowest BCUT2D eigenvalue weighted by Gasteiger charge is -2.32. The van der Waals surface area contributed by atoms with E-state index >= 15 is 0 Å². The van der Waals surface area contributed by atoms with Gasteiger partial charge in [0.05, 0.1) is 33.6 Å². The Balaban J connectivity index is 0.692. The molecule has 70 heavy (non-hydrogen) atoms. The summed E-state index contributed by atoms with van der Waals surface area (Å²) in [5, 5.41) is 2.11. The lowest BCUT2D eigenvalue weighted by atomic mass is 9.96. The first-order valence-electron chi connectivity index (χ1n) is 22.6. The normalized spacial score (nSPS) is 15.0. The molecular formula is C57H40N4O9. The minimum absolute atomic E-state index is 0.0712. The minimum Gasteiger partial charge on any atom is -0.477 e. The van der Waals surface area contributed by atoms with Crippen LogP contribution in [0.5, 0.6) is 34.5 Å². The zero-order valence-corrected chi connectivity index (χ0v) is 37.8. The number of carbonyl (C=O) groups is 5. The van der Waals surface area contributed by atoms with Gasteiger partial charge < -0.3 is 23.8 Å². The second-order valence-corrected chi connectivity index (χ2v) is 17.7. The van der Waals surface area contributed by atoms with Gasteiger partial charge in [0.1, 0.15) is 41.2 Å². The van der Waals surface area contributed by atoms with E-state index in [2.05, 4.69) is 34.1 Å². The fraction of sp³-hybridized carbons (Fsp3) is 0.105.